The van der Waals surface area contributed by atoms with Crippen LogP contribution in [-0.4, -0.2) is 38.8 Å². The molecule has 0 saturated heterocycles. The monoisotopic (exact) mass is 510 g/mol. The molecular weight excluding hydrogens is 484 g/mol. The van der Waals surface area contributed by atoms with Gasteiger partial charge in [0.2, 0.25) is 5.95 Å². The number of fused-ring (bicyclic) bond motifs is 2. The summed E-state index contributed by atoms with van der Waals surface area (Å²) >= 11 is 6.22. The van der Waals surface area contributed by atoms with Crippen molar-refractivity contribution in [1.82, 2.24) is 19.5 Å². The third kappa shape index (κ3) is 4.92. The normalized spacial score (nSPS) is 18.4. The topological polar surface area (TPSA) is 77.2 Å². The van der Waals surface area contributed by atoms with Crippen molar-refractivity contribution in [3.63, 3.8) is 0 Å². The van der Waals surface area contributed by atoms with E-state index in [0.29, 0.717) is 17.1 Å². The van der Waals surface area contributed by atoms with Crippen LogP contribution in [0.25, 0.3) is 28.1 Å². The lowest BCUT2D eigenvalue weighted by Gasteiger charge is -2.25. The van der Waals surface area contributed by atoms with E-state index in [0.717, 1.165) is 64.8 Å². The molecule has 0 unspecified atom stereocenters. The number of hydrogen-bond acceptors (Lipinski definition) is 6. The van der Waals surface area contributed by atoms with Gasteiger partial charge in [0.25, 0.3) is 0 Å². The maximum absolute atomic E-state index is 6.22. The Bertz CT molecular complexity index is 1560. The standard InChI is InChI=1S/C29H27ClN6O/c1-37-22-13-9-20(10-14-22)33-25-18-28-26(17-24(25)35-29-31-15-4-16-32-29)34-23-5-2-3-6-27(23)36(28)21-11-7-19(30)8-12-21/h2-8,11-12,15-18,20,22H,9-10,13-14H2,1H3,(H,31,32,35)/b33-25+. The molecule has 0 spiro atoms. The Balaban J connectivity index is 1.57. The Labute approximate surface area is 220 Å². The van der Waals surface area contributed by atoms with Crippen LogP contribution < -0.4 is 10.7 Å². The number of methoxy groups -OCH3 is 1. The molecule has 8 heteroatoms. The number of benzene rings is 3. The zero-order chi connectivity index (χ0) is 25.2. The summed E-state index contributed by atoms with van der Waals surface area (Å²) in [6.07, 6.45) is 7.77. The van der Waals surface area contributed by atoms with Gasteiger partial charge in [-0.05, 0) is 80.3 Å². The minimum atomic E-state index is 0.221. The summed E-state index contributed by atoms with van der Waals surface area (Å²) in [4.78, 5) is 19.0. The van der Waals surface area contributed by atoms with Crippen LogP contribution in [0.1, 0.15) is 25.7 Å². The Kier molecular flexibility index (Phi) is 6.55. The molecule has 7 nitrogen and oxygen atoms in total. The molecule has 1 aromatic heterocycles. The summed E-state index contributed by atoms with van der Waals surface area (Å²) in [5, 5.41) is 4.94. The molecule has 37 heavy (non-hydrogen) atoms. The van der Waals surface area contributed by atoms with E-state index in [2.05, 4.69) is 32.0 Å². The number of halogens is 1. The highest BCUT2D eigenvalue weighted by molar-refractivity contribution is 6.30. The van der Waals surface area contributed by atoms with Gasteiger partial charge in [0.15, 0.2) is 0 Å². The molecule has 1 aliphatic heterocycles. The fraction of sp³-hybridized carbons (Fsp3) is 0.241. The van der Waals surface area contributed by atoms with Gasteiger partial charge in [-0.1, -0.05) is 23.7 Å². The third-order valence-corrected chi connectivity index (χ3v) is 7.15. The highest BCUT2D eigenvalue weighted by atomic mass is 35.5. The average Bonchev–Trinajstić information content (AvgIpc) is 2.94. The predicted molar refractivity (Wildman–Crippen MR) is 147 cm³/mol. The average molecular weight is 511 g/mol. The Hall–Kier alpha value is -3.81. The van der Waals surface area contributed by atoms with Crippen molar-refractivity contribution < 1.29 is 4.74 Å². The van der Waals surface area contributed by atoms with Crippen molar-refractivity contribution in [3.8, 4) is 17.1 Å². The van der Waals surface area contributed by atoms with Gasteiger partial charge in [-0.3, -0.25) is 4.99 Å². The van der Waals surface area contributed by atoms with Gasteiger partial charge in [-0.2, -0.15) is 0 Å². The Morgan fingerprint density at radius 3 is 2.46 bits per heavy atom. The molecule has 186 valence electrons. The maximum atomic E-state index is 6.22. The molecule has 3 aromatic rings. The summed E-state index contributed by atoms with van der Waals surface area (Å²) in [5.41, 5.74) is 5.55. The Morgan fingerprint density at radius 1 is 0.946 bits per heavy atom. The Morgan fingerprint density at radius 2 is 1.70 bits per heavy atom. The van der Waals surface area contributed by atoms with Crippen LogP contribution in [0.2, 0.25) is 5.02 Å². The van der Waals surface area contributed by atoms with E-state index in [1.807, 2.05) is 48.5 Å². The van der Waals surface area contributed by atoms with Gasteiger partial charge < -0.3 is 14.6 Å². The third-order valence-electron chi connectivity index (χ3n) is 6.89. The van der Waals surface area contributed by atoms with Crippen molar-refractivity contribution in [1.29, 1.82) is 0 Å². The van der Waals surface area contributed by atoms with Crippen LogP contribution in [-0.2, 0) is 4.74 Å². The lowest BCUT2D eigenvalue weighted by Crippen LogP contribution is -2.25. The van der Waals surface area contributed by atoms with E-state index in [4.69, 9.17) is 26.3 Å². The van der Waals surface area contributed by atoms with Crippen LogP contribution in [0, 0.1) is 0 Å². The minimum Gasteiger partial charge on any atom is -0.381 e. The second kappa shape index (κ2) is 10.3. The van der Waals surface area contributed by atoms with Gasteiger partial charge in [0, 0.05) is 30.2 Å². The van der Waals surface area contributed by atoms with Gasteiger partial charge in [0.05, 0.1) is 45.6 Å². The van der Waals surface area contributed by atoms with E-state index in [-0.39, 0.29) is 6.04 Å². The molecule has 2 aromatic carbocycles. The summed E-state index contributed by atoms with van der Waals surface area (Å²) in [6, 6.07) is 22.2. The number of para-hydroxylation sites is 2. The highest BCUT2D eigenvalue weighted by Gasteiger charge is 2.21. The van der Waals surface area contributed by atoms with E-state index in [1.54, 1.807) is 25.6 Å². The molecule has 0 atom stereocenters. The maximum Gasteiger partial charge on any atom is 0.227 e. The molecule has 0 bridgehead atoms. The summed E-state index contributed by atoms with van der Waals surface area (Å²) in [6.45, 7) is 0. The van der Waals surface area contributed by atoms with Gasteiger partial charge >= 0.3 is 0 Å². The molecule has 1 N–H and O–H groups in total. The first-order valence-electron chi connectivity index (χ1n) is 12.5. The molecular formula is C29H27ClN6O. The molecule has 1 fully saturated rings. The van der Waals surface area contributed by atoms with Crippen LogP contribution in [0.15, 0.2) is 84.1 Å². The molecule has 0 radical (unpaired) electrons. The first-order chi connectivity index (χ1) is 18.2. The van der Waals surface area contributed by atoms with E-state index >= 15 is 0 Å². The molecule has 1 saturated carbocycles. The smallest absolute Gasteiger partial charge is 0.227 e. The van der Waals surface area contributed by atoms with Crippen LogP contribution in [0.5, 0.6) is 0 Å². The second-order valence-corrected chi connectivity index (χ2v) is 9.70. The van der Waals surface area contributed by atoms with Crippen molar-refractivity contribution in [2.75, 3.05) is 12.4 Å². The minimum absolute atomic E-state index is 0.221. The largest absolute Gasteiger partial charge is 0.381 e. The summed E-state index contributed by atoms with van der Waals surface area (Å²) in [5.74, 6) is 0.521. The molecule has 0 amide bonds. The van der Waals surface area contributed by atoms with Crippen molar-refractivity contribution >= 4 is 34.3 Å². The van der Waals surface area contributed by atoms with Gasteiger partial charge in [-0.25, -0.2) is 15.0 Å². The molecule has 2 heterocycles. The molecule has 2 aliphatic carbocycles. The van der Waals surface area contributed by atoms with Crippen LogP contribution in [0.4, 0.5) is 11.6 Å². The lowest BCUT2D eigenvalue weighted by atomic mass is 9.93. The summed E-state index contributed by atoms with van der Waals surface area (Å²) < 4.78 is 7.79. The zero-order valence-corrected chi connectivity index (χ0v) is 21.3. The van der Waals surface area contributed by atoms with E-state index in [9.17, 15) is 0 Å². The predicted octanol–water partition coefficient (Wildman–Crippen LogP) is 6.18. The number of anilines is 2. The quantitative estimate of drug-likeness (QED) is 0.286. The number of aromatic nitrogens is 4. The first-order valence-corrected chi connectivity index (χ1v) is 12.9. The number of nitrogens with zero attached hydrogens (tertiary/aromatic N) is 5. The van der Waals surface area contributed by atoms with Crippen LogP contribution in [0.3, 0.4) is 0 Å². The summed E-state index contributed by atoms with van der Waals surface area (Å²) in [7, 11) is 1.79. The zero-order valence-electron chi connectivity index (χ0n) is 20.5. The van der Waals surface area contributed by atoms with Crippen LogP contribution >= 0.6 is 11.6 Å². The molecule has 3 aliphatic rings. The fourth-order valence-corrected chi connectivity index (χ4v) is 5.13. The highest BCUT2D eigenvalue weighted by Crippen LogP contribution is 2.31. The van der Waals surface area contributed by atoms with Crippen molar-refractivity contribution in [2.45, 2.75) is 37.8 Å². The number of rotatable bonds is 5. The second-order valence-electron chi connectivity index (χ2n) is 9.26. The number of hydrogen-bond donors (Lipinski definition) is 1. The lowest BCUT2D eigenvalue weighted by molar-refractivity contribution is 0.0663. The molecule has 6 rings (SSSR count). The van der Waals surface area contributed by atoms with Crippen molar-refractivity contribution in [2.24, 2.45) is 4.99 Å². The van der Waals surface area contributed by atoms with Gasteiger partial charge in [0.1, 0.15) is 0 Å². The fourth-order valence-electron chi connectivity index (χ4n) is 5.01. The number of nitrogens with one attached hydrogen (secondary N) is 1. The first kappa shape index (κ1) is 23.6. The SMILES string of the molecule is COC1CCC(/N=c2\cc3n(-c4ccc(Cl)cc4)c4ccccc4nc-3cc2Nc2ncccn2)CC1. The van der Waals surface area contributed by atoms with E-state index < -0.39 is 0 Å². The van der Waals surface area contributed by atoms with E-state index in [1.165, 1.54) is 0 Å². The van der Waals surface area contributed by atoms with Gasteiger partial charge in [-0.15, -0.1) is 0 Å². The van der Waals surface area contributed by atoms with Crippen molar-refractivity contribution in [3.05, 3.63) is 89.5 Å². The number of ether oxygens (including phenoxy) is 1.